The van der Waals surface area contributed by atoms with Crippen LogP contribution in [0.4, 0.5) is 11.6 Å². The molecule has 0 unspecified atom stereocenters. The van der Waals surface area contributed by atoms with Crippen molar-refractivity contribution in [2.75, 3.05) is 5.32 Å². The zero-order valence-corrected chi connectivity index (χ0v) is 12.9. The van der Waals surface area contributed by atoms with E-state index in [1.165, 1.54) is 4.57 Å². The van der Waals surface area contributed by atoms with Gasteiger partial charge in [-0.25, -0.2) is 4.57 Å². The summed E-state index contributed by atoms with van der Waals surface area (Å²) in [6, 6.07) is 14.3. The van der Waals surface area contributed by atoms with E-state index in [-0.39, 0.29) is 4.87 Å². The van der Waals surface area contributed by atoms with Gasteiger partial charge < -0.3 is 5.32 Å². The van der Waals surface area contributed by atoms with Crippen molar-refractivity contribution in [2.24, 2.45) is 0 Å². The Morgan fingerprint density at radius 2 is 1.90 bits per heavy atom. The Hall–Kier alpha value is -1.82. The SMILES string of the molecule is O=c1snc(Nc2cccc(Cl)c2)n1-c1ccccc1Cl. The lowest BCUT2D eigenvalue weighted by molar-refractivity contribution is 1.03. The Morgan fingerprint density at radius 1 is 1.10 bits per heavy atom. The van der Waals surface area contributed by atoms with Gasteiger partial charge in [0.15, 0.2) is 0 Å². The van der Waals surface area contributed by atoms with Crippen LogP contribution < -0.4 is 10.2 Å². The number of nitrogens with zero attached hydrogens (tertiary/aromatic N) is 2. The Labute approximate surface area is 134 Å². The van der Waals surface area contributed by atoms with Gasteiger partial charge in [-0.05, 0) is 30.3 Å². The lowest BCUT2D eigenvalue weighted by Crippen LogP contribution is -2.13. The van der Waals surface area contributed by atoms with Crippen LogP contribution in [0, 0.1) is 0 Å². The van der Waals surface area contributed by atoms with Crippen LogP contribution in [0.1, 0.15) is 0 Å². The quantitative estimate of drug-likeness (QED) is 0.773. The lowest BCUT2D eigenvalue weighted by atomic mass is 10.3. The number of nitrogens with one attached hydrogen (secondary N) is 1. The maximum Gasteiger partial charge on any atom is 0.332 e. The van der Waals surface area contributed by atoms with Gasteiger partial charge in [-0.3, -0.25) is 4.79 Å². The molecule has 0 amide bonds. The highest BCUT2D eigenvalue weighted by molar-refractivity contribution is 7.03. The van der Waals surface area contributed by atoms with Gasteiger partial charge in [-0.15, -0.1) is 0 Å². The van der Waals surface area contributed by atoms with Crippen molar-refractivity contribution in [3.05, 3.63) is 68.2 Å². The molecule has 1 aromatic heterocycles. The van der Waals surface area contributed by atoms with Gasteiger partial charge in [0.2, 0.25) is 5.95 Å². The Balaban J connectivity index is 2.06. The van der Waals surface area contributed by atoms with Gasteiger partial charge in [-0.1, -0.05) is 41.4 Å². The summed E-state index contributed by atoms with van der Waals surface area (Å²) in [5.74, 6) is 0.403. The van der Waals surface area contributed by atoms with Crippen LogP contribution in [0.2, 0.25) is 10.0 Å². The molecule has 1 heterocycles. The van der Waals surface area contributed by atoms with Crippen molar-refractivity contribution < 1.29 is 0 Å². The number of para-hydroxylation sites is 1. The highest BCUT2D eigenvalue weighted by atomic mass is 35.5. The van der Waals surface area contributed by atoms with Crippen LogP contribution in [-0.2, 0) is 0 Å². The van der Waals surface area contributed by atoms with Crippen molar-refractivity contribution in [2.45, 2.75) is 0 Å². The number of aromatic nitrogens is 2. The first-order valence-electron chi connectivity index (χ1n) is 6.01. The smallest absolute Gasteiger partial charge is 0.324 e. The second kappa shape index (κ2) is 5.89. The van der Waals surface area contributed by atoms with Crippen molar-refractivity contribution in [3.63, 3.8) is 0 Å². The minimum atomic E-state index is -0.215. The summed E-state index contributed by atoms with van der Waals surface area (Å²) in [6.07, 6.45) is 0. The third kappa shape index (κ3) is 2.95. The fraction of sp³-hybridized carbons (Fsp3) is 0. The van der Waals surface area contributed by atoms with E-state index < -0.39 is 0 Å². The van der Waals surface area contributed by atoms with Crippen molar-refractivity contribution in [3.8, 4) is 5.69 Å². The normalized spacial score (nSPS) is 10.6. The Bertz CT molecular complexity index is 844. The van der Waals surface area contributed by atoms with E-state index in [0.29, 0.717) is 21.7 Å². The highest BCUT2D eigenvalue weighted by Crippen LogP contribution is 2.24. The topological polar surface area (TPSA) is 46.9 Å². The molecule has 7 heteroatoms. The fourth-order valence-corrected chi connectivity index (χ4v) is 2.84. The van der Waals surface area contributed by atoms with Crippen LogP contribution >= 0.6 is 34.7 Å². The molecule has 3 aromatic rings. The molecule has 0 aliphatic carbocycles. The Kier molecular flexibility index (Phi) is 3.96. The van der Waals surface area contributed by atoms with Gasteiger partial charge in [0, 0.05) is 22.2 Å². The monoisotopic (exact) mass is 337 g/mol. The molecule has 0 aliphatic heterocycles. The van der Waals surface area contributed by atoms with Gasteiger partial charge in [0.05, 0.1) is 10.7 Å². The van der Waals surface area contributed by atoms with Crippen molar-refractivity contribution >= 4 is 46.4 Å². The lowest BCUT2D eigenvalue weighted by Gasteiger charge is -2.09. The van der Waals surface area contributed by atoms with Crippen LogP contribution in [0.25, 0.3) is 5.69 Å². The van der Waals surface area contributed by atoms with Gasteiger partial charge in [0.1, 0.15) is 0 Å². The van der Waals surface area contributed by atoms with E-state index in [0.717, 1.165) is 17.2 Å². The molecule has 0 saturated carbocycles. The predicted octanol–water partition coefficient (Wildman–Crippen LogP) is 4.34. The molecular formula is C14H9Cl2N3OS. The maximum atomic E-state index is 12.0. The van der Waals surface area contributed by atoms with E-state index in [1.54, 1.807) is 30.3 Å². The first-order chi connectivity index (χ1) is 10.1. The summed E-state index contributed by atoms with van der Waals surface area (Å²) in [7, 11) is 0. The fourth-order valence-electron chi connectivity index (χ4n) is 1.87. The number of benzene rings is 2. The molecule has 0 saturated heterocycles. The predicted molar refractivity (Wildman–Crippen MR) is 87.5 cm³/mol. The second-order valence-electron chi connectivity index (χ2n) is 4.19. The van der Waals surface area contributed by atoms with E-state index in [1.807, 2.05) is 18.2 Å². The van der Waals surface area contributed by atoms with Crippen LogP contribution in [0.3, 0.4) is 0 Å². The first-order valence-corrected chi connectivity index (χ1v) is 7.54. The maximum absolute atomic E-state index is 12.0. The molecule has 0 fully saturated rings. The van der Waals surface area contributed by atoms with E-state index >= 15 is 0 Å². The number of hydrogen-bond acceptors (Lipinski definition) is 4. The van der Waals surface area contributed by atoms with Gasteiger partial charge >= 0.3 is 4.87 Å². The van der Waals surface area contributed by atoms with Crippen LogP contribution in [-0.4, -0.2) is 8.94 Å². The molecule has 0 bridgehead atoms. The summed E-state index contributed by atoms with van der Waals surface area (Å²) in [5.41, 5.74) is 1.33. The number of anilines is 2. The molecule has 0 atom stereocenters. The van der Waals surface area contributed by atoms with Crippen molar-refractivity contribution in [1.29, 1.82) is 0 Å². The highest BCUT2D eigenvalue weighted by Gasteiger charge is 2.13. The average Bonchev–Trinajstić information content (AvgIpc) is 2.81. The molecule has 2 aromatic carbocycles. The standard InChI is InChI=1S/C14H9Cl2N3OS/c15-9-4-3-5-10(8-9)17-13-18-21-14(20)19(13)12-7-2-1-6-11(12)16/h1-8H,(H,17,18). The Morgan fingerprint density at radius 3 is 2.67 bits per heavy atom. The molecule has 21 heavy (non-hydrogen) atoms. The van der Waals surface area contributed by atoms with Gasteiger partial charge in [0.25, 0.3) is 0 Å². The molecule has 0 aliphatic rings. The number of rotatable bonds is 3. The number of hydrogen-bond donors (Lipinski definition) is 1. The summed E-state index contributed by atoms with van der Waals surface area (Å²) in [5, 5.41) is 4.16. The molecule has 3 rings (SSSR count). The summed E-state index contributed by atoms with van der Waals surface area (Å²) >= 11 is 13.0. The minimum Gasteiger partial charge on any atom is -0.324 e. The molecule has 4 nitrogen and oxygen atoms in total. The van der Waals surface area contributed by atoms with E-state index in [9.17, 15) is 4.79 Å². The van der Waals surface area contributed by atoms with Gasteiger partial charge in [-0.2, -0.15) is 4.37 Å². The summed E-state index contributed by atoms with van der Waals surface area (Å²) in [6.45, 7) is 0. The van der Waals surface area contributed by atoms with Crippen LogP contribution in [0.15, 0.2) is 53.3 Å². The molecule has 0 spiro atoms. The minimum absolute atomic E-state index is 0.215. The molecule has 0 radical (unpaired) electrons. The zero-order valence-electron chi connectivity index (χ0n) is 10.6. The first kappa shape index (κ1) is 14.1. The van der Waals surface area contributed by atoms with Crippen LogP contribution in [0.5, 0.6) is 0 Å². The molecule has 1 N–H and O–H groups in total. The molecular weight excluding hydrogens is 329 g/mol. The third-order valence-electron chi connectivity index (χ3n) is 2.78. The second-order valence-corrected chi connectivity index (χ2v) is 5.75. The third-order valence-corrected chi connectivity index (χ3v) is 3.94. The van der Waals surface area contributed by atoms with E-state index in [2.05, 4.69) is 9.69 Å². The summed E-state index contributed by atoms with van der Waals surface area (Å²) < 4.78 is 5.58. The largest absolute Gasteiger partial charge is 0.332 e. The average molecular weight is 338 g/mol. The van der Waals surface area contributed by atoms with E-state index in [4.69, 9.17) is 23.2 Å². The zero-order chi connectivity index (χ0) is 14.8. The summed E-state index contributed by atoms with van der Waals surface area (Å²) in [4.78, 5) is 11.8. The van der Waals surface area contributed by atoms with Crippen molar-refractivity contribution in [1.82, 2.24) is 8.94 Å². The molecule has 106 valence electrons. The number of halogens is 2.